The van der Waals surface area contributed by atoms with Gasteiger partial charge in [-0.3, -0.25) is 4.98 Å². The summed E-state index contributed by atoms with van der Waals surface area (Å²) < 4.78 is 5.63. The number of hydrogen-bond donors (Lipinski definition) is 3. The summed E-state index contributed by atoms with van der Waals surface area (Å²) in [4.78, 5) is 8.92. The number of aliphatic imine (C=N–C) groups is 1. The molecule has 0 aliphatic rings. The predicted octanol–water partition coefficient (Wildman–Crippen LogP) is 2.97. The molecule has 1 aromatic carbocycles. The quantitative estimate of drug-likeness (QED) is 0.492. The van der Waals surface area contributed by atoms with Gasteiger partial charge in [0.2, 0.25) is 0 Å². The lowest BCUT2D eigenvalue weighted by atomic mass is 10.1. The van der Waals surface area contributed by atoms with E-state index >= 15 is 0 Å². The summed E-state index contributed by atoms with van der Waals surface area (Å²) in [6.07, 6.45) is 1.26. The molecule has 1 atom stereocenters. The molecule has 6 nitrogen and oxygen atoms in total. The van der Waals surface area contributed by atoms with Gasteiger partial charge >= 0.3 is 0 Å². The lowest BCUT2D eigenvalue weighted by Crippen LogP contribution is -2.39. The van der Waals surface area contributed by atoms with Gasteiger partial charge in [0.05, 0.1) is 24.4 Å². The van der Waals surface area contributed by atoms with Gasteiger partial charge in [0.25, 0.3) is 0 Å². The molecule has 0 saturated heterocycles. The number of rotatable bonds is 8. The van der Waals surface area contributed by atoms with E-state index in [9.17, 15) is 5.11 Å². The Morgan fingerprint density at radius 1 is 1.19 bits per heavy atom. The molecule has 0 aliphatic carbocycles. The second-order valence-electron chi connectivity index (χ2n) is 6.59. The number of ether oxygens (including phenoxy) is 1. The first kappa shape index (κ1) is 20.7. The van der Waals surface area contributed by atoms with Gasteiger partial charge in [0.15, 0.2) is 5.96 Å². The van der Waals surface area contributed by atoms with Crippen LogP contribution in [-0.4, -0.2) is 35.2 Å². The van der Waals surface area contributed by atoms with E-state index in [-0.39, 0.29) is 6.10 Å². The van der Waals surface area contributed by atoms with Crippen molar-refractivity contribution >= 4 is 5.96 Å². The van der Waals surface area contributed by atoms with Crippen molar-refractivity contribution in [2.24, 2.45) is 4.99 Å². The Morgan fingerprint density at radius 2 is 1.93 bits per heavy atom. The second kappa shape index (κ2) is 10.5. The number of aromatic nitrogens is 1. The fourth-order valence-corrected chi connectivity index (χ4v) is 2.53. The Morgan fingerprint density at radius 3 is 2.56 bits per heavy atom. The summed E-state index contributed by atoms with van der Waals surface area (Å²) in [6, 6.07) is 11.5. The van der Waals surface area contributed by atoms with Gasteiger partial charge in [-0.15, -0.1) is 0 Å². The van der Waals surface area contributed by atoms with Crippen LogP contribution in [0.25, 0.3) is 0 Å². The summed E-state index contributed by atoms with van der Waals surface area (Å²) in [5.74, 6) is 1.45. The second-order valence-corrected chi connectivity index (χ2v) is 6.59. The van der Waals surface area contributed by atoms with Crippen molar-refractivity contribution in [2.45, 2.75) is 46.4 Å². The number of guanidine groups is 1. The summed E-state index contributed by atoms with van der Waals surface area (Å²) in [7, 11) is 0. The Balaban J connectivity index is 1.94. The number of nitrogens with zero attached hydrogens (tertiary/aromatic N) is 2. The zero-order chi connectivity index (χ0) is 19.6. The molecule has 0 aliphatic heterocycles. The third-order valence-corrected chi connectivity index (χ3v) is 3.95. The molecule has 27 heavy (non-hydrogen) atoms. The molecule has 0 bridgehead atoms. The average molecular weight is 370 g/mol. The molecule has 146 valence electrons. The van der Waals surface area contributed by atoms with Crippen LogP contribution in [-0.2, 0) is 6.54 Å². The normalized spacial score (nSPS) is 12.7. The van der Waals surface area contributed by atoms with Crippen LogP contribution in [0.3, 0.4) is 0 Å². The maximum absolute atomic E-state index is 10.4. The van der Waals surface area contributed by atoms with Gasteiger partial charge in [0.1, 0.15) is 5.75 Å². The van der Waals surface area contributed by atoms with Crippen LogP contribution < -0.4 is 15.4 Å². The highest BCUT2D eigenvalue weighted by molar-refractivity contribution is 5.79. The molecule has 2 aromatic rings. The first-order chi connectivity index (χ1) is 13.0. The number of pyridine rings is 1. The molecule has 1 heterocycles. The standard InChI is InChI=1S/C21H30N4O2/c1-5-22-21(24-13-19-16(4)7-6-12-23-19)25-14-20(26)17-8-10-18(11-9-17)27-15(2)3/h6-12,15,20,26H,5,13-14H2,1-4H3,(H2,22,24,25). The van der Waals surface area contributed by atoms with Crippen molar-refractivity contribution in [3.05, 3.63) is 59.4 Å². The highest BCUT2D eigenvalue weighted by Crippen LogP contribution is 2.18. The zero-order valence-electron chi connectivity index (χ0n) is 16.6. The van der Waals surface area contributed by atoms with E-state index in [0.717, 1.165) is 29.1 Å². The number of aliphatic hydroxyl groups excluding tert-OH is 1. The van der Waals surface area contributed by atoms with Crippen molar-refractivity contribution in [3.8, 4) is 5.75 Å². The predicted molar refractivity (Wildman–Crippen MR) is 109 cm³/mol. The van der Waals surface area contributed by atoms with Gasteiger partial charge in [-0.2, -0.15) is 0 Å². The van der Waals surface area contributed by atoms with E-state index in [4.69, 9.17) is 4.74 Å². The third-order valence-electron chi connectivity index (χ3n) is 3.95. The minimum absolute atomic E-state index is 0.129. The van der Waals surface area contributed by atoms with Crippen LogP contribution in [0, 0.1) is 6.92 Å². The van der Waals surface area contributed by atoms with Crippen LogP contribution >= 0.6 is 0 Å². The van der Waals surface area contributed by atoms with E-state index < -0.39 is 6.10 Å². The van der Waals surface area contributed by atoms with Crippen molar-refractivity contribution in [1.82, 2.24) is 15.6 Å². The highest BCUT2D eigenvalue weighted by Gasteiger charge is 2.09. The molecule has 1 unspecified atom stereocenters. The van der Waals surface area contributed by atoms with Crippen molar-refractivity contribution in [2.75, 3.05) is 13.1 Å². The fourth-order valence-electron chi connectivity index (χ4n) is 2.53. The molecule has 1 aromatic heterocycles. The van der Waals surface area contributed by atoms with Crippen LogP contribution in [0.4, 0.5) is 0 Å². The first-order valence-corrected chi connectivity index (χ1v) is 9.37. The number of hydrogen-bond acceptors (Lipinski definition) is 4. The molecule has 2 rings (SSSR count). The number of aryl methyl sites for hydroxylation is 1. The van der Waals surface area contributed by atoms with E-state index in [1.807, 2.05) is 64.1 Å². The Kier molecular flexibility index (Phi) is 8.07. The summed E-state index contributed by atoms with van der Waals surface area (Å²) in [5.41, 5.74) is 2.88. The minimum Gasteiger partial charge on any atom is -0.491 e. The molecule has 0 amide bonds. The van der Waals surface area contributed by atoms with Crippen molar-refractivity contribution in [3.63, 3.8) is 0 Å². The highest BCUT2D eigenvalue weighted by atomic mass is 16.5. The SMILES string of the molecule is CCNC(=NCc1ncccc1C)NCC(O)c1ccc(OC(C)C)cc1. The molecule has 6 heteroatoms. The molecule has 0 saturated carbocycles. The number of nitrogens with one attached hydrogen (secondary N) is 2. The average Bonchev–Trinajstić information content (AvgIpc) is 2.65. The van der Waals surface area contributed by atoms with Crippen LogP contribution in [0.2, 0.25) is 0 Å². The zero-order valence-corrected chi connectivity index (χ0v) is 16.6. The molecule has 3 N–H and O–H groups in total. The van der Waals surface area contributed by atoms with E-state index in [1.165, 1.54) is 0 Å². The Labute approximate surface area is 161 Å². The fraction of sp³-hybridized carbons (Fsp3) is 0.429. The van der Waals surface area contributed by atoms with Gasteiger partial charge in [0, 0.05) is 19.3 Å². The van der Waals surface area contributed by atoms with Gasteiger partial charge in [-0.25, -0.2) is 4.99 Å². The maximum Gasteiger partial charge on any atom is 0.191 e. The smallest absolute Gasteiger partial charge is 0.191 e. The monoisotopic (exact) mass is 370 g/mol. The van der Waals surface area contributed by atoms with Gasteiger partial charge < -0.3 is 20.5 Å². The molecule has 0 fully saturated rings. The molecule has 0 spiro atoms. The summed E-state index contributed by atoms with van der Waals surface area (Å²) in [5, 5.41) is 16.8. The Bertz CT molecular complexity index is 729. The lowest BCUT2D eigenvalue weighted by molar-refractivity contribution is 0.180. The van der Waals surface area contributed by atoms with Gasteiger partial charge in [-0.1, -0.05) is 18.2 Å². The van der Waals surface area contributed by atoms with Crippen LogP contribution in [0.1, 0.15) is 43.7 Å². The topological polar surface area (TPSA) is 78.8 Å². The third kappa shape index (κ3) is 6.90. The van der Waals surface area contributed by atoms with Gasteiger partial charge in [-0.05, 0) is 57.0 Å². The van der Waals surface area contributed by atoms with Crippen molar-refractivity contribution in [1.29, 1.82) is 0 Å². The van der Waals surface area contributed by atoms with Crippen LogP contribution in [0.15, 0.2) is 47.6 Å². The number of aliphatic hydroxyl groups is 1. The summed E-state index contributed by atoms with van der Waals surface area (Å²) in [6.45, 7) is 9.59. The maximum atomic E-state index is 10.4. The first-order valence-electron chi connectivity index (χ1n) is 9.37. The summed E-state index contributed by atoms with van der Waals surface area (Å²) >= 11 is 0. The largest absolute Gasteiger partial charge is 0.491 e. The van der Waals surface area contributed by atoms with Crippen molar-refractivity contribution < 1.29 is 9.84 Å². The van der Waals surface area contributed by atoms with E-state index in [1.54, 1.807) is 6.20 Å². The molecular formula is C21H30N4O2. The number of benzene rings is 1. The van der Waals surface area contributed by atoms with Crippen LogP contribution in [0.5, 0.6) is 5.75 Å². The Hall–Kier alpha value is -2.60. The lowest BCUT2D eigenvalue weighted by Gasteiger charge is -2.16. The minimum atomic E-state index is -0.640. The molecule has 0 radical (unpaired) electrons. The van der Waals surface area contributed by atoms with E-state index in [2.05, 4.69) is 20.6 Å². The van der Waals surface area contributed by atoms with E-state index in [0.29, 0.717) is 19.0 Å². The molecular weight excluding hydrogens is 340 g/mol.